The molecule has 0 saturated carbocycles. The zero-order valence-electron chi connectivity index (χ0n) is 26.3. The molecule has 0 bridgehead atoms. The minimum Gasteiger partial charge on any atom is -0.489 e. The monoisotopic (exact) mass is 574 g/mol. The summed E-state index contributed by atoms with van der Waals surface area (Å²) in [6, 6.07) is 17.3. The van der Waals surface area contributed by atoms with Gasteiger partial charge in [-0.15, -0.1) is 0 Å². The standard InChI is InChI=1S/C30H38N4O4.C4H8/c1-7-8-18-34-27(25(35)21-38-30(2,3)4)28(32-29(34)33(5)6)31-26(36)19-22-14-16-24(17-15-22)37-20-23-12-10-9-11-13-23;1-3-4-2/h7-17H,18-21H2,1-6H3,(H,31,36);3-4H,1-2H3/b8-7-;4-3-. The van der Waals surface area contributed by atoms with Gasteiger partial charge in [0.25, 0.3) is 0 Å². The van der Waals surface area contributed by atoms with Crippen LogP contribution in [0.5, 0.6) is 5.75 Å². The van der Waals surface area contributed by atoms with Gasteiger partial charge in [-0.3, -0.25) is 9.59 Å². The Morgan fingerprint density at radius 3 is 2.12 bits per heavy atom. The number of benzene rings is 2. The van der Waals surface area contributed by atoms with Crippen LogP contribution in [0.4, 0.5) is 11.8 Å². The molecule has 1 amide bonds. The molecule has 0 fully saturated rings. The fourth-order valence-corrected chi connectivity index (χ4v) is 3.69. The smallest absolute Gasteiger partial charge is 0.230 e. The van der Waals surface area contributed by atoms with Gasteiger partial charge in [0.1, 0.15) is 24.7 Å². The van der Waals surface area contributed by atoms with Gasteiger partial charge < -0.3 is 24.3 Å². The van der Waals surface area contributed by atoms with Crippen LogP contribution in [0, 0.1) is 0 Å². The number of ether oxygens (including phenoxy) is 2. The lowest BCUT2D eigenvalue weighted by molar-refractivity contribution is -0.115. The Morgan fingerprint density at radius 2 is 1.57 bits per heavy atom. The number of imidazole rings is 1. The molecular weight excluding hydrogens is 528 g/mol. The molecule has 0 radical (unpaired) electrons. The molecule has 0 atom stereocenters. The van der Waals surface area contributed by atoms with Crippen LogP contribution >= 0.6 is 0 Å². The van der Waals surface area contributed by atoms with E-state index < -0.39 is 5.60 Å². The number of ketones is 1. The SMILES string of the molecule is C/C=C\C.C/C=C\Cn1c(N(C)C)nc(NC(=O)Cc2ccc(OCc3ccccc3)cc2)c1C(=O)COC(C)(C)C. The van der Waals surface area contributed by atoms with Gasteiger partial charge >= 0.3 is 0 Å². The Morgan fingerprint density at radius 1 is 0.929 bits per heavy atom. The molecule has 2 aromatic carbocycles. The van der Waals surface area contributed by atoms with Crippen LogP contribution in [0.2, 0.25) is 0 Å². The minimum atomic E-state index is -0.478. The van der Waals surface area contributed by atoms with E-state index in [4.69, 9.17) is 9.47 Å². The van der Waals surface area contributed by atoms with E-state index in [1.54, 1.807) is 4.57 Å². The Hall–Kier alpha value is -4.17. The van der Waals surface area contributed by atoms with Crippen LogP contribution in [0.1, 0.15) is 63.2 Å². The molecule has 42 heavy (non-hydrogen) atoms. The number of amides is 1. The van der Waals surface area contributed by atoms with Crippen LogP contribution in [-0.2, 0) is 29.1 Å². The van der Waals surface area contributed by atoms with Crippen LogP contribution in [-0.4, -0.2) is 47.5 Å². The molecule has 3 rings (SSSR count). The quantitative estimate of drug-likeness (QED) is 0.188. The average Bonchev–Trinajstić information content (AvgIpc) is 3.32. The molecule has 8 heteroatoms. The van der Waals surface area contributed by atoms with Crippen molar-refractivity contribution in [2.45, 2.75) is 66.7 Å². The predicted octanol–water partition coefficient (Wildman–Crippen LogP) is 6.87. The Labute approximate surface area is 251 Å². The van der Waals surface area contributed by atoms with Crippen LogP contribution in [0.25, 0.3) is 0 Å². The summed E-state index contributed by atoms with van der Waals surface area (Å²) in [5, 5.41) is 2.86. The highest BCUT2D eigenvalue weighted by Crippen LogP contribution is 2.25. The number of allylic oxidation sites excluding steroid dienone is 4. The van der Waals surface area contributed by atoms with Gasteiger partial charge in [0.2, 0.25) is 17.6 Å². The summed E-state index contributed by atoms with van der Waals surface area (Å²) in [7, 11) is 3.70. The number of hydrogen-bond acceptors (Lipinski definition) is 6. The van der Waals surface area contributed by atoms with Crippen molar-refractivity contribution in [1.29, 1.82) is 0 Å². The second kappa shape index (κ2) is 16.9. The maximum absolute atomic E-state index is 13.3. The van der Waals surface area contributed by atoms with E-state index in [2.05, 4.69) is 10.3 Å². The normalized spacial score (nSPS) is 11.3. The number of hydrogen-bond donors (Lipinski definition) is 1. The van der Waals surface area contributed by atoms with E-state index in [0.717, 1.165) is 16.9 Å². The first-order chi connectivity index (χ1) is 20.0. The first-order valence-electron chi connectivity index (χ1n) is 14.2. The summed E-state index contributed by atoms with van der Waals surface area (Å²) >= 11 is 0. The number of nitrogens with zero attached hydrogens (tertiary/aromatic N) is 3. The summed E-state index contributed by atoms with van der Waals surface area (Å²) in [4.78, 5) is 32.7. The number of carbonyl (C=O) groups is 2. The third-order valence-electron chi connectivity index (χ3n) is 5.90. The third kappa shape index (κ3) is 11.4. The van der Waals surface area contributed by atoms with Crippen molar-refractivity contribution >= 4 is 23.5 Å². The molecule has 1 aromatic heterocycles. The molecular formula is C34H46N4O4. The fourth-order valence-electron chi connectivity index (χ4n) is 3.69. The lowest BCUT2D eigenvalue weighted by Gasteiger charge is -2.20. The van der Waals surface area contributed by atoms with Crippen LogP contribution in [0.3, 0.4) is 0 Å². The molecule has 3 aromatic rings. The Bertz CT molecular complexity index is 1310. The molecule has 1 heterocycles. The number of aromatic nitrogens is 2. The van der Waals surface area contributed by atoms with Crippen molar-refractivity contribution in [3.63, 3.8) is 0 Å². The lowest BCUT2D eigenvalue weighted by Crippen LogP contribution is -2.26. The van der Waals surface area contributed by atoms with Crippen molar-refractivity contribution in [3.8, 4) is 5.75 Å². The van der Waals surface area contributed by atoms with Crippen molar-refractivity contribution in [1.82, 2.24) is 9.55 Å². The largest absolute Gasteiger partial charge is 0.489 e. The predicted molar refractivity (Wildman–Crippen MR) is 171 cm³/mol. The molecule has 8 nitrogen and oxygen atoms in total. The lowest BCUT2D eigenvalue weighted by atomic mass is 10.1. The summed E-state index contributed by atoms with van der Waals surface area (Å²) in [6.45, 7) is 12.4. The van der Waals surface area contributed by atoms with E-state index in [0.29, 0.717) is 24.8 Å². The highest BCUT2D eigenvalue weighted by Gasteiger charge is 2.26. The van der Waals surface area contributed by atoms with Crippen molar-refractivity contribution in [2.24, 2.45) is 0 Å². The second-order valence-electron chi connectivity index (χ2n) is 10.8. The zero-order chi connectivity index (χ0) is 31.1. The number of Topliss-reactive ketones (excluding diaryl/α,β-unsaturated/α-hetero) is 1. The first-order valence-corrected chi connectivity index (χ1v) is 14.2. The van der Waals surface area contributed by atoms with Gasteiger partial charge in [-0.05, 0) is 64.8 Å². The number of nitrogens with one attached hydrogen (secondary N) is 1. The summed E-state index contributed by atoms with van der Waals surface area (Å²) in [6.07, 6.45) is 7.97. The number of rotatable bonds is 12. The molecule has 226 valence electrons. The minimum absolute atomic E-state index is 0.120. The summed E-state index contributed by atoms with van der Waals surface area (Å²) < 4.78 is 13.4. The van der Waals surface area contributed by atoms with E-state index in [-0.39, 0.29) is 30.5 Å². The molecule has 0 unspecified atom stereocenters. The Kier molecular flexibility index (Phi) is 13.7. The van der Waals surface area contributed by atoms with E-state index in [1.807, 2.05) is 139 Å². The van der Waals surface area contributed by atoms with Crippen LogP contribution in [0.15, 0.2) is 78.9 Å². The fraction of sp³-hybridized carbons (Fsp3) is 0.382. The van der Waals surface area contributed by atoms with E-state index >= 15 is 0 Å². The maximum atomic E-state index is 13.3. The molecule has 0 saturated heterocycles. The molecule has 0 aliphatic carbocycles. The molecule has 0 spiro atoms. The Balaban J connectivity index is 0.00000144. The van der Waals surface area contributed by atoms with Gasteiger partial charge in [-0.1, -0.05) is 66.8 Å². The van der Waals surface area contributed by atoms with E-state index in [9.17, 15) is 9.59 Å². The molecule has 0 aliphatic heterocycles. The third-order valence-corrected chi connectivity index (χ3v) is 5.90. The van der Waals surface area contributed by atoms with E-state index in [1.165, 1.54) is 0 Å². The van der Waals surface area contributed by atoms with Gasteiger partial charge in [-0.25, -0.2) is 0 Å². The molecule has 1 N–H and O–H groups in total. The highest BCUT2D eigenvalue weighted by molar-refractivity contribution is 6.04. The highest BCUT2D eigenvalue weighted by atomic mass is 16.5. The maximum Gasteiger partial charge on any atom is 0.230 e. The molecule has 0 aliphatic rings. The second-order valence-corrected chi connectivity index (χ2v) is 10.8. The number of anilines is 2. The average molecular weight is 575 g/mol. The summed E-state index contributed by atoms with van der Waals surface area (Å²) in [5.74, 6) is 1.00. The van der Waals surface area contributed by atoms with Gasteiger partial charge in [0, 0.05) is 20.6 Å². The van der Waals surface area contributed by atoms with Gasteiger partial charge in [0.15, 0.2) is 5.82 Å². The van der Waals surface area contributed by atoms with Crippen molar-refractivity contribution < 1.29 is 19.1 Å². The zero-order valence-corrected chi connectivity index (χ0v) is 26.3. The number of carbonyl (C=O) groups excluding carboxylic acids is 2. The van der Waals surface area contributed by atoms with Gasteiger partial charge in [0.05, 0.1) is 12.0 Å². The van der Waals surface area contributed by atoms with Crippen molar-refractivity contribution in [3.05, 3.63) is 95.7 Å². The van der Waals surface area contributed by atoms with Gasteiger partial charge in [-0.2, -0.15) is 4.98 Å². The summed E-state index contributed by atoms with van der Waals surface area (Å²) in [5.41, 5.74) is 1.74. The van der Waals surface area contributed by atoms with Crippen LogP contribution < -0.4 is 15.0 Å². The topological polar surface area (TPSA) is 85.7 Å². The van der Waals surface area contributed by atoms with Crippen molar-refractivity contribution in [2.75, 3.05) is 30.9 Å². The first kappa shape index (κ1) is 34.0.